The molecular weight excluding hydrogens is 210 g/mol. The van der Waals surface area contributed by atoms with Gasteiger partial charge in [0.1, 0.15) is 0 Å². The fraction of sp³-hybridized carbons (Fsp3) is 1.00. The standard InChI is InChI=1S/C14H29N3/c1-14(2,3)17-11-9-16(10-12-17)8-4-7-15-13-5-6-13/h13,15H,4-12H2,1-3H3. The van der Waals surface area contributed by atoms with Gasteiger partial charge in [-0.15, -0.1) is 0 Å². The summed E-state index contributed by atoms with van der Waals surface area (Å²) in [5, 5.41) is 3.59. The van der Waals surface area contributed by atoms with Crippen LogP contribution in [0.5, 0.6) is 0 Å². The Morgan fingerprint density at radius 3 is 2.24 bits per heavy atom. The molecule has 100 valence electrons. The topological polar surface area (TPSA) is 18.5 Å². The monoisotopic (exact) mass is 239 g/mol. The number of rotatable bonds is 5. The summed E-state index contributed by atoms with van der Waals surface area (Å²) in [5.74, 6) is 0. The number of hydrogen-bond acceptors (Lipinski definition) is 3. The first-order valence-corrected chi connectivity index (χ1v) is 7.26. The second kappa shape index (κ2) is 5.68. The summed E-state index contributed by atoms with van der Waals surface area (Å²) in [5.41, 5.74) is 0.347. The van der Waals surface area contributed by atoms with Crippen LogP contribution in [-0.2, 0) is 0 Å². The van der Waals surface area contributed by atoms with Crippen LogP contribution < -0.4 is 5.32 Å². The molecule has 0 atom stereocenters. The molecule has 3 nitrogen and oxygen atoms in total. The Labute approximate surface area is 107 Å². The molecule has 0 aromatic carbocycles. The van der Waals surface area contributed by atoms with Gasteiger partial charge in [-0.25, -0.2) is 0 Å². The van der Waals surface area contributed by atoms with Crippen LogP contribution in [0.1, 0.15) is 40.0 Å². The van der Waals surface area contributed by atoms with Crippen LogP contribution in [0.2, 0.25) is 0 Å². The van der Waals surface area contributed by atoms with E-state index in [-0.39, 0.29) is 0 Å². The van der Waals surface area contributed by atoms with Crippen LogP contribution in [-0.4, -0.2) is 60.6 Å². The first-order valence-electron chi connectivity index (χ1n) is 7.26. The first kappa shape index (κ1) is 13.3. The lowest BCUT2D eigenvalue weighted by Gasteiger charge is -2.42. The molecule has 0 radical (unpaired) electrons. The van der Waals surface area contributed by atoms with Gasteiger partial charge < -0.3 is 10.2 Å². The van der Waals surface area contributed by atoms with E-state index >= 15 is 0 Å². The van der Waals surface area contributed by atoms with Crippen molar-refractivity contribution >= 4 is 0 Å². The van der Waals surface area contributed by atoms with Crippen molar-refractivity contribution in [3.8, 4) is 0 Å². The molecule has 0 amide bonds. The lowest BCUT2D eigenvalue weighted by atomic mass is 10.0. The second-order valence-corrected chi connectivity index (χ2v) is 6.58. The Hall–Kier alpha value is -0.120. The van der Waals surface area contributed by atoms with Gasteiger partial charge in [0, 0.05) is 37.8 Å². The van der Waals surface area contributed by atoms with Gasteiger partial charge in [0.15, 0.2) is 0 Å². The lowest BCUT2D eigenvalue weighted by molar-refractivity contribution is 0.0619. The van der Waals surface area contributed by atoms with E-state index in [1.807, 2.05) is 0 Å². The summed E-state index contributed by atoms with van der Waals surface area (Å²) in [6.45, 7) is 14.4. The van der Waals surface area contributed by atoms with Crippen molar-refractivity contribution in [3.05, 3.63) is 0 Å². The molecule has 0 bridgehead atoms. The van der Waals surface area contributed by atoms with Gasteiger partial charge in [0.05, 0.1) is 0 Å². The number of hydrogen-bond donors (Lipinski definition) is 1. The molecule has 1 saturated carbocycles. The van der Waals surface area contributed by atoms with E-state index < -0.39 is 0 Å². The predicted octanol–water partition coefficient (Wildman–Crippen LogP) is 1.54. The molecule has 3 heteroatoms. The van der Waals surface area contributed by atoms with Crippen molar-refractivity contribution in [1.29, 1.82) is 0 Å². The van der Waals surface area contributed by atoms with E-state index in [0.29, 0.717) is 5.54 Å². The molecule has 1 saturated heterocycles. The van der Waals surface area contributed by atoms with Crippen LogP contribution >= 0.6 is 0 Å². The van der Waals surface area contributed by atoms with E-state index in [0.717, 1.165) is 6.04 Å². The van der Waals surface area contributed by atoms with Gasteiger partial charge in [-0.2, -0.15) is 0 Å². The fourth-order valence-corrected chi connectivity index (χ4v) is 2.54. The first-order chi connectivity index (χ1) is 8.05. The predicted molar refractivity (Wildman–Crippen MR) is 73.4 cm³/mol. The number of piperazine rings is 1. The maximum atomic E-state index is 3.59. The zero-order valence-corrected chi connectivity index (χ0v) is 11.8. The number of nitrogens with one attached hydrogen (secondary N) is 1. The Bertz CT molecular complexity index is 222. The summed E-state index contributed by atoms with van der Waals surface area (Å²) >= 11 is 0. The molecular formula is C14H29N3. The van der Waals surface area contributed by atoms with E-state index in [9.17, 15) is 0 Å². The molecule has 1 aliphatic heterocycles. The van der Waals surface area contributed by atoms with Gasteiger partial charge in [-0.05, 0) is 53.1 Å². The summed E-state index contributed by atoms with van der Waals surface area (Å²) in [6, 6.07) is 0.868. The maximum absolute atomic E-state index is 3.59. The van der Waals surface area contributed by atoms with Crippen LogP contribution in [0.4, 0.5) is 0 Å². The highest BCUT2D eigenvalue weighted by atomic mass is 15.3. The quantitative estimate of drug-likeness (QED) is 0.734. The van der Waals surface area contributed by atoms with Crippen molar-refractivity contribution in [2.24, 2.45) is 0 Å². The lowest BCUT2D eigenvalue weighted by Crippen LogP contribution is -2.53. The van der Waals surface area contributed by atoms with Gasteiger partial charge in [-0.3, -0.25) is 4.90 Å². The molecule has 17 heavy (non-hydrogen) atoms. The van der Waals surface area contributed by atoms with E-state index in [2.05, 4.69) is 35.9 Å². The zero-order valence-electron chi connectivity index (χ0n) is 11.8. The maximum Gasteiger partial charge on any atom is 0.0126 e. The summed E-state index contributed by atoms with van der Waals surface area (Å²) < 4.78 is 0. The smallest absolute Gasteiger partial charge is 0.0126 e. The molecule has 2 rings (SSSR count). The molecule has 2 fully saturated rings. The minimum atomic E-state index is 0.347. The van der Waals surface area contributed by atoms with Crippen molar-refractivity contribution in [3.63, 3.8) is 0 Å². The fourth-order valence-electron chi connectivity index (χ4n) is 2.54. The third kappa shape index (κ3) is 4.57. The third-order valence-electron chi connectivity index (χ3n) is 3.98. The van der Waals surface area contributed by atoms with Gasteiger partial charge in [0.25, 0.3) is 0 Å². The molecule has 0 spiro atoms. The van der Waals surface area contributed by atoms with Crippen molar-refractivity contribution in [2.75, 3.05) is 39.3 Å². The van der Waals surface area contributed by atoms with Crippen LogP contribution in [0.3, 0.4) is 0 Å². The van der Waals surface area contributed by atoms with Crippen LogP contribution in [0, 0.1) is 0 Å². The van der Waals surface area contributed by atoms with Crippen molar-refractivity contribution in [1.82, 2.24) is 15.1 Å². The van der Waals surface area contributed by atoms with Crippen LogP contribution in [0.25, 0.3) is 0 Å². The van der Waals surface area contributed by atoms with Gasteiger partial charge >= 0.3 is 0 Å². The largest absolute Gasteiger partial charge is 0.314 e. The Balaban J connectivity index is 1.55. The van der Waals surface area contributed by atoms with Gasteiger partial charge in [-0.1, -0.05) is 0 Å². The Morgan fingerprint density at radius 1 is 1.06 bits per heavy atom. The van der Waals surface area contributed by atoms with E-state index in [4.69, 9.17) is 0 Å². The molecule has 1 aliphatic carbocycles. The molecule has 1 heterocycles. The zero-order chi connectivity index (χ0) is 12.3. The molecule has 1 N–H and O–H groups in total. The third-order valence-corrected chi connectivity index (χ3v) is 3.98. The normalized spacial score (nSPS) is 24.2. The number of nitrogens with zero attached hydrogens (tertiary/aromatic N) is 2. The van der Waals surface area contributed by atoms with Crippen molar-refractivity contribution in [2.45, 2.75) is 51.6 Å². The highest BCUT2D eigenvalue weighted by molar-refractivity contribution is 4.83. The minimum absolute atomic E-state index is 0.347. The van der Waals surface area contributed by atoms with E-state index in [1.54, 1.807) is 0 Å². The average molecular weight is 239 g/mol. The SMILES string of the molecule is CC(C)(C)N1CCN(CCCNC2CC2)CC1. The highest BCUT2D eigenvalue weighted by Gasteiger charge is 2.25. The molecule has 0 aromatic heterocycles. The summed E-state index contributed by atoms with van der Waals surface area (Å²) in [7, 11) is 0. The second-order valence-electron chi connectivity index (χ2n) is 6.58. The molecule has 2 aliphatic rings. The summed E-state index contributed by atoms with van der Waals surface area (Å²) in [4.78, 5) is 5.22. The average Bonchev–Trinajstić information content (AvgIpc) is 3.08. The van der Waals surface area contributed by atoms with E-state index in [1.165, 1.54) is 58.5 Å². The molecule has 0 aromatic rings. The highest BCUT2D eigenvalue weighted by Crippen LogP contribution is 2.18. The van der Waals surface area contributed by atoms with Crippen LogP contribution in [0.15, 0.2) is 0 Å². The molecule has 0 unspecified atom stereocenters. The minimum Gasteiger partial charge on any atom is -0.314 e. The van der Waals surface area contributed by atoms with Gasteiger partial charge in [0.2, 0.25) is 0 Å². The van der Waals surface area contributed by atoms with Crippen molar-refractivity contribution < 1.29 is 0 Å². The Morgan fingerprint density at radius 2 is 1.71 bits per heavy atom. The Kier molecular flexibility index (Phi) is 4.45. The summed E-state index contributed by atoms with van der Waals surface area (Å²) in [6.07, 6.45) is 4.13.